The minimum atomic E-state index is 0.136. The second kappa shape index (κ2) is 5.57. The number of anilines is 1. The fourth-order valence-corrected chi connectivity index (χ4v) is 3.31. The number of thiazole rings is 1. The summed E-state index contributed by atoms with van der Waals surface area (Å²) in [7, 11) is 0. The van der Waals surface area contributed by atoms with Crippen molar-refractivity contribution in [3.63, 3.8) is 0 Å². The molecule has 0 amide bonds. The van der Waals surface area contributed by atoms with Crippen LogP contribution >= 0.6 is 11.3 Å². The van der Waals surface area contributed by atoms with E-state index in [0.717, 1.165) is 22.2 Å². The van der Waals surface area contributed by atoms with Crippen molar-refractivity contribution in [1.29, 1.82) is 0 Å². The Labute approximate surface area is 114 Å². The van der Waals surface area contributed by atoms with Crippen LogP contribution in [-0.4, -0.2) is 22.7 Å². The van der Waals surface area contributed by atoms with Gasteiger partial charge < -0.3 is 10.0 Å². The molecule has 1 heterocycles. The van der Waals surface area contributed by atoms with E-state index in [2.05, 4.69) is 32.6 Å². The zero-order valence-corrected chi connectivity index (χ0v) is 12.6. The highest BCUT2D eigenvalue weighted by molar-refractivity contribution is 7.15. The summed E-state index contributed by atoms with van der Waals surface area (Å²) < 4.78 is 0. The number of nitrogens with zero attached hydrogens (tertiary/aromatic N) is 2. The third-order valence-electron chi connectivity index (χ3n) is 3.25. The third kappa shape index (κ3) is 3.04. The maximum Gasteiger partial charge on any atom is 0.186 e. The quantitative estimate of drug-likeness (QED) is 0.859. The van der Waals surface area contributed by atoms with Crippen LogP contribution in [0.2, 0.25) is 0 Å². The molecule has 1 aromatic rings. The van der Waals surface area contributed by atoms with Crippen LogP contribution in [0, 0.1) is 5.92 Å². The Morgan fingerprint density at radius 1 is 1.33 bits per heavy atom. The summed E-state index contributed by atoms with van der Waals surface area (Å²) in [5, 5.41) is 10.6. The van der Waals surface area contributed by atoms with Crippen LogP contribution in [0.1, 0.15) is 57.0 Å². The van der Waals surface area contributed by atoms with Crippen molar-refractivity contribution in [2.75, 3.05) is 11.4 Å². The lowest BCUT2D eigenvalue weighted by atomic mass is 10.2. The van der Waals surface area contributed by atoms with E-state index in [-0.39, 0.29) is 6.61 Å². The minimum Gasteiger partial charge on any atom is -0.391 e. The molecule has 0 radical (unpaired) electrons. The molecular formula is C14H24N2OS. The van der Waals surface area contributed by atoms with Crippen molar-refractivity contribution in [2.24, 2.45) is 5.92 Å². The Morgan fingerprint density at radius 3 is 2.44 bits per heavy atom. The maximum atomic E-state index is 9.46. The van der Waals surface area contributed by atoms with Crippen molar-refractivity contribution in [1.82, 2.24) is 4.98 Å². The monoisotopic (exact) mass is 268 g/mol. The summed E-state index contributed by atoms with van der Waals surface area (Å²) in [4.78, 5) is 8.23. The van der Waals surface area contributed by atoms with E-state index in [4.69, 9.17) is 4.98 Å². The molecule has 1 aliphatic rings. The Balaban J connectivity index is 2.23. The fraction of sp³-hybridized carbons (Fsp3) is 0.786. The van der Waals surface area contributed by atoms with Gasteiger partial charge in [-0.3, -0.25) is 0 Å². The first-order valence-corrected chi connectivity index (χ1v) is 7.71. The van der Waals surface area contributed by atoms with Crippen LogP contribution in [0.15, 0.2) is 0 Å². The predicted molar refractivity (Wildman–Crippen MR) is 77.3 cm³/mol. The average molecular weight is 268 g/mol. The Kier molecular flexibility index (Phi) is 4.28. The molecule has 0 aromatic carbocycles. The van der Waals surface area contributed by atoms with Gasteiger partial charge in [0.25, 0.3) is 0 Å². The lowest BCUT2D eigenvalue weighted by Gasteiger charge is -2.27. The fourth-order valence-electron chi connectivity index (χ4n) is 2.17. The van der Waals surface area contributed by atoms with Gasteiger partial charge in [0.05, 0.1) is 17.2 Å². The van der Waals surface area contributed by atoms with Crippen LogP contribution in [-0.2, 0) is 6.61 Å². The topological polar surface area (TPSA) is 36.4 Å². The molecular weight excluding hydrogens is 244 g/mol. The van der Waals surface area contributed by atoms with E-state index >= 15 is 0 Å². The molecule has 0 saturated heterocycles. The van der Waals surface area contributed by atoms with Crippen LogP contribution < -0.4 is 4.90 Å². The third-order valence-corrected chi connectivity index (χ3v) is 4.35. The molecule has 0 aliphatic heterocycles. The molecule has 102 valence electrons. The second-order valence-corrected chi connectivity index (χ2v) is 6.94. The highest BCUT2D eigenvalue weighted by Gasteiger charge is 2.30. The van der Waals surface area contributed by atoms with Crippen molar-refractivity contribution in [3.8, 4) is 0 Å². The van der Waals surface area contributed by atoms with E-state index in [1.807, 2.05) is 0 Å². The number of hydrogen-bond donors (Lipinski definition) is 1. The van der Waals surface area contributed by atoms with E-state index in [1.54, 1.807) is 11.3 Å². The molecule has 2 rings (SSSR count). The Hall–Kier alpha value is -0.610. The van der Waals surface area contributed by atoms with Gasteiger partial charge >= 0.3 is 0 Å². The summed E-state index contributed by atoms with van der Waals surface area (Å²) in [6.07, 6.45) is 2.48. The van der Waals surface area contributed by atoms with Gasteiger partial charge in [0, 0.05) is 18.5 Å². The molecule has 0 bridgehead atoms. The number of aromatic nitrogens is 1. The summed E-state index contributed by atoms with van der Waals surface area (Å²) in [5.41, 5.74) is 1.16. The van der Waals surface area contributed by atoms with Gasteiger partial charge in [-0.1, -0.05) is 25.2 Å². The van der Waals surface area contributed by atoms with Gasteiger partial charge in [-0.25, -0.2) is 4.98 Å². The van der Waals surface area contributed by atoms with E-state index < -0.39 is 0 Å². The second-order valence-electron chi connectivity index (χ2n) is 5.88. The SMILES string of the molecule is CC(C)CN(c1nc(C2CC2)c(CO)s1)C(C)C. The predicted octanol–water partition coefficient (Wildman–Crippen LogP) is 3.38. The molecule has 1 aromatic heterocycles. The van der Waals surface area contributed by atoms with E-state index in [9.17, 15) is 5.11 Å². The Morgan fingerprint density at radius 2 is 2.00 bits per heavy atom. The zero-order chi connectivity index (χ0) is 13.3. The summed E-state index contributed by atoms with van der Waals surface area (Å²) >= 11 is 1.67. The van der Waals surface area contributed by atoms with Gasteiger partial charge in [0.1, 0.15) is 0 Å². The van der Waals surface area contributed by atoms with Crippen molar-refractivity contribution in [2.45, 2.75) is 59.1 Å². The maximum absolute atomic E-state index is 9.46. The lowest BCUT2D eigenvalue weighted by Crippen LogP contribution is -2.34. The minimum absolute atomic E-state index is 0.136. The van der Waals surface area contributed by atoms with E-state index in [1.165, 1.54) is 12.8 Å². The highest BCUT2D eigenvalue weighted by Crippen LogP contribution is 2.44. The largest absolute Gasteiger partial charge is 0.391 e. The van der Waals surface area contributed by atoms with Crippen LogP contribution in [0.5, 0.6) is 0 Å². The summed E-state index contributed by atoms with van der Waals surface area (Å²) in [6, 6.07) is 0.456. The van der Waals surface area contributed by atoms with Gasteiger partial charge in [-0.2, -0.15) is 0 Å². The molecule has 0 unspecified atom stereocenters. The first-order valence-electron chi connectivity index (χ1n) is 6.90. The van der Waals surface area contributed by atoms with E-state index in [0.29, 0.717) is 17.9 Å². The molecule has 4 heteroatoms. The number of aliphatic hydroxyl groups is 1. The molecule has 3 nitrogen and oxygen atoms in total. The summed E-state index contributed by atoms with van der Waals surface area (Å²) in [5.74, 6) is 1.24. The smallest absolute Gasteiger partial charge is 0.186 e. The molecule has 0 atom stereocenters. The van der Waals surface area contributed by atoms with Crippen molar-refractivity contribution < 1.29 is 5.11 Å². The van der Waals surface area contributed by atoms with Crippen LogP contribution in [0.3, 0.4) is 0 Å². The lowest BCUT2D eigenvalue weighted by molar-refractivity contribution is 0.284. The van der Waals surface area contributed by atoms with Gasteiger partial charge in [-0.05, 0) is 32.6 Å². The summed E-state index contributed by atoms with van der Waals surface area (Å²) in [6.45, 7) is 10.0. The van der Waals surface area contributed by atoms with Gasteiger partial charge in [0.2, 0.25) is 0 Å². The molecule has 1 aliphatic carbocycles. The van der Waals surface area contributed by atoms with Crippen molar-refractivity contribution in [3.05, 3.63) is 10.6 Å². The molecule has 1 N–H and O–H groups in total. The van der Waals surface area contributed by atoms with Gasteiger partial charge in [0.15, 0.2) is 5.13 Å². The van der Waals surface area contributed by atoms with Crippen molar-refractivity contribution >= 4 is 16.5 Å². The number of aliphatic hydroxyl groups excluding tert-OH is 1. The normalized spacial score (nSPS) is 15.7. The number of rotatable bonds is 6. The van der Waals surface area contributed by atoms with Crippen LogP contribution in [0.25, 0.3) is 0 Å². The molecule has 1 fully saturated rings. The van der Waals surface area contributed by atoms with Gasteiger partial charge in [-0.15, -0.1) is 0 Å². The molecule has 0 spiro atoms. The number of hydrogen-bond acceptors (Lipinski definition) is 4. The zero-order valence-electron chi connectivity index (χ0n) is 11.8. The van der Waals surface area contributed by atoms with Crippen LogP contribution in [0.4, 0.5) is 5.13 Å². The first kappa shape index (κ1) is 13.8. The standard InChI is InChI=1S/C14H24N2OS/c1-9(2)7-16(10(3)4)14-15-13(11-5-6-11)12(8-17)18-14/h9-11,17H,5-8H2,1-4H3. The first-order chi connectivity index (χ1) is 8.52. The Bertz CT molecular complexity index is 396. The highest BCUT2D eigenvalue weighted by atomic mass is 32.1. The molecule has 1 saturated carbocycles. The average Bonchev–Trinajstić information content (AvgIpc) is 3.05. The molecule has 18 heavy (non-hydrogen) atoms.